The molecule has 0 amide bonds. The van der Waals surface area contributed by atoms with Crippen LogP contribution in [0.1, 0.15) is 44.6 Å². The average molecular weight is 251 g/mol. The van der Waals surface area contributed by atoms with Crippen LogP contribution in [0.4, 0.5) is 0 Å². The molecule has 2 heterocycles. The van der Waals surface area contributed by atoms with Crippen molar-refractivity contribution in [3.63, 3.8) is 0 Å². The molecule has 102 valence electrons. The molecule has 18 heavy (non-hydrogen) atoms. The van der Waals surface area contributed by atoms with Gasteiger partial charge in [0.15, 0.2) is 5.76 Å². The molecule has 2 rings (SSSR count). The van der Waals surface area contributed by atoms with E-state index in [1.807, 2.05) is 7.05 Å². The van der Waals surface area contributed by atoms with Crippen LogP contribution in [0.2, 0.25) is 0 Å². The lowest BCUT2D eigenvalue weighted by atomic mass is 9.82. The zero-order valence-electron chi connectivity index (χ0n) is 11.8. The second-order valence-electron chi connectivity index (χ2n) is 5.48. The van der Waals surface area contributed by atoms with Gasteiger partial charge in [-0.05, 0) is 38.3 Å². The van der Waals surface area contributed by atoms with Crippen LogP contribution < -0.4 is 5.32 Å². The quantitative estimate of drug-likeness (QED) is 0.843. The molecule has 1 fully saturated rings. The smallest absolute Gasteiger partial charge is 0.151 e. The Balaban J connectivity index is 1.90. The SMILES string of the molecule is CCC1(CC)CCN(Cc2cc(CNC)no2)C1. The summed E-state index contributed by atoms with van der Waals surface area (Å²) < 4.78 is 5.38. The number of hydrogen-bond donors (Lipinski definition) is 1. The van der Waals surface area contributed by atoms with Gasteiger partial charge in [0.05, 0.1) is 12.2 Å². The third-order valence-corrected chi connectivity index (χ3v) is 4.36. The second kappa shape index (κ2) is 5.85. The van der Waals surface area contributed by atoms with Crippen molar-refractivity contribution in [2.24, 2.45) is 5.41 Å². The Labute approximate surface area is 110 Å². The van der Waals surface area contributed by atoms with Gasteiger partial charge in [-0.3, -0.25) is 4.90 Å². The highest BCUT2D eigenvalue weighted by molar-refractivity contribution is 5.05. The van der Waals surface area contributed by atoms with E-state index < -0.39 is 0 Å². The summed E-state index contributed by atoms with van der Waals surface area (Å²) in [6, 6.07) is 2.06. The molecule has 1 aliphatic heterocycles. The molecule has 1 aromatic heterocycles. The minimum atomic E-state index is 0.536. The summed E-state index contributed by atoms with van der Waals surface area (Å²) in [5.41, 5.74) is 1.53. The zero-order valence-corrected chi connectivity index (χ0v) is 11.8. The van der Waals surface area contributed by atoms with Crippen molar-refractivity contribution in [2.45, 2.75) is 46.2 Å². The molecule has 1 saturated heterocycles. The van der Waals surface area contributed by atoms with Crippen LogP contribution in [0, 0.1) is 5.41 Å². The van der Waals surface area contributed by atoms with E-state index in [9.17, 15) is 0 Å². The normalized spacial score (nSPS) is 19.5. The van der Waals surface area contributed by atoms with E-state index in [0.29, 0.717) is 5.41 Å². The molecule has 1 aromatic rings. The van der Waals surface area contributed by atoms with Gasteiger partial charge in [-0.25, -0.2) is 0 Å². The summed E-state index contributed by atoms with van der Waals surface area (Å²) >= 11 is 0. The summed E-state index contributed by atoms with van der Waals surface area (Å²) in [5, 5.41) is 7.15. The van der Waals surface area contributed by atoms with Gasteiger partial charge in [-0.1, -0.05) is 19.0 Å². The van der Waals surface area contributed by atoms with E-state index in [0.717, 1.165) is 24.5 Å². The highest BCUT2D eigenvalue weighted by Crippen LogP contribution is 2.37. The Hall–Kier alpha value is -0.870. The van der Waals surface area contributed by atoms with Crippen LogP contribution in [0.25, 0.3) is 0 Å². The van der Waals surface area contributed by atoms with Gasteiger partial charge in [-0.2, -0.15) is 0 Å². The number of likely N-dealkylation sites (tertiary alicyclic amines) is 1. The van der Waals surface area contributed by atoms with Crippen LogP contribution in [-0.2, 0) is 13.1 Å². The standard InChI is InChI=1S/C14H25N3O/c1-4-14(5-2)6-7-17(11-14)10-13-8-12(9-15-3)16-18-13/h8,15H,4-7,9-11H2,1-3H3. The van der Waals surface area contributed by atoms with E-state index in [-0.39, 0.29) is 0 Å². The van der Waals surface area contributed by atoms with Crippen LogP contribution >= 0.6 is 0 Å². The fourth-order valence-corrected chi connectivity index (χ4v) is 2.90. The second-order valence-corrected chi connectivity index (χ2v) is 5.48. The Bertz CT molecular complexity index is 371. The lowest BCUT2D eigenvalue weighted by Gasteiger charge is -2.26. The summed E-state index contributed by atoms with van der Waals surface area (Å²) in [6.07, 6.45) is 3.88. The van der Waals surface area contributed by atoms with Crippen molar-refractivity contribution in [3.05, 3.63) is 17.5 Å². The Morgan fingerprint density at radius 3 is 2.83 bits per heavy atom. The summed E-state index contributed by atoms with van der Waals surface area (Å²) in [4.78, 5) is 2.50. The molecule has 0 atom stereocenters. The predicted octanol–water partition coefficient (Wildman–Crippen LogP) is 2.41. The van der Waals surface area contributed by atoms with Gasteiger partial charge in [0, 0.05) is 19.2 Å². The maximum absolute atomic E-state index is 5.38. The van der Waals surface area contributed by atoms with Crippen molar-refractivity contribution >= 4 is 0 Å². The van der Waals surface area contributed by atoms with Gasteiger partial charge in [0.2, 0.25) is 0 Å². The lowest BCUT2D eigenvalue weighted by Crippen LogP contribution is -2.25. The zero-order chi connectivity index (χ0) is 13.0. The lowest BCUT2D eigenvalue weighted by molar-refractivity contribution is 0.218. The molecule has 0 unspecified atom stereocenters. The summed E-state index contributed by atoms with van der Waals surface area (Å²) in [7, 11) is 1.92. The highest BCUT2D eigenvalue weighted by atomic mass is 16.5. The van der Waals surface area contributed by atoms with Gasteiger partial charge < -0.3 is 9.84 Å². The highest BCUT2D eigenvalue weighted by Gasteiger charge is 2.35. The Kier molecular flexibility index (Phi) is 4.40. The molecule has 1 N–H and O–H groups in total. The van der Waals surface area contributed by atoms with Crippen molar-refractivity contribution < 1.29 is 4.52 Å². The van der Waals surface area contributed by atoms with Gasteiger partial charge >= 0.3 is 0 Å². The minimum Gasteiger partial charge on any atom is -0.360 e. The van der Waals surface area contributed by atoms with E-state index in [1.165, 1.54) is 32.4 Å². The maximum atomic E-state index is 5.38. The fourth-order valence-electron chi connectivity index (χ4n) is 2.90. The molecule has 0 spiro atoms. The topological polar surface area (TPSA) is 41.3 Å². The summed E-state index contributed by atoms with van der Waals surface area (Å²) in [5.74, 6) is 0.989. The van der Waals surface area contributed by atoms with Crippen molar-refractivity contribution in [2.75, 3.05) is 20.1 Å². The first-order valence-electron chi connectivity index (χ1n) is 7.03. The first kappa shape index (κ1) is 13.6. The Morgan fingerprint density at radius 1 is 1.44 bits per heavy atom. The molecular weight excluding hydrogens is 226 g/mol. The third-order valence-electron chi connectivity index (χ3n) is 4.36. The number of nitrogens with one attached hydrogen (secondary N) is 1. The minimum absolute atomic E-state index is 0.536. The first-order valence-corrected chi connectivity index (χ1v) is 7.03. The van der Waals surface area contributed by atoms with Crippen molar-refractivity contribution in [1.82, 2.24) is 15.4 Å². The molecule has 0 aliphatic carbocycles. The van der Waals surface area contributed by atoms with Crippen LogP contribution in [0.3, 0.4) is 0 Å². The van der Waals surface area contributed by atoms with Gasteiger partial charge in [0.1, 0.15) is 0 Å². The molecule has 0 radical (unpaired) electrons. The first-order chi connectivity index (χ1) is 8.71. The average Bonchev–Trinajstić information content (AvgIpc) is 2.98. The fraction of sp³-hybridized carbons (Fsp3) is 0.786. The number of hydrogen-bond acceptors (Lipinski definition) is 4. The number of aromatic nitrogens is 1. The van der Waals surface area contributed by atoms with Gasteiger partial charge in [-0.15, -0.1) is 0 Å². The van der Waals surface area contributed by atoms with E-state index in [1.54, 1.807) is 0 Å². The van der Waals surface area contributed by atoms with Gasteiger partial charge in [0.25, 0.3) is 0 Å². The molecule has 0 aromatic carbocycles. The van der Waals surface area contributed by atoms with E-state index in [4.69, 9.17) is 4.52 Å². The van der Waals surface area contributed by atoms with Crippen LogP contribution in [0.5, 0.6) is 0 Å². The number of nitrogens with zero attached hydrogens (tertiary/aromatic N) is 2. The number of rotatable bonds is 6. The predicted molar refractivity (Wildman–Crippen MR) is 72.2 cm³/mol. The van der Waals surface area contributed by atoms with Crippen LogP contribution in [-0.4, -0.2) is 30.2 Å². The monoisotopic (exact) mass is 251 g/mol. The van der Waals surface area contributed by atoms with E-state index >= 15 is 0 Å². The van der Waals surface area contributed by atoms with Crippen molar-refractivity contribution in [3.8, 4) is 0 Å². The Morgan fingerprint density at radius 2 is 2.22 bits per heavy atom. The third kappa shape index (κ3) is 2.93. The maximum Gasteiger partial charge on any atom is 0.151 e. The largest absolute Gasteiger partial charge is 0.360 e. The van der Waals surface area contributed by atoms with Crippen molar-refractivity contribution in [1.29, 1.82) is 0 Å². The molecule has 4 nitrogen and oxygen atoms in total. The van der Waals surface area contributed by atoms with Crippen LogP contribution in [0.15, 0.2) is 10.6 Å². The molecule has 0 bridgehead atoms. The molecular formula is C14H25N3O. The molecule has 0 saturated carbocycles. The van der Waals surface area contributed by atoms with E-state index in [2.05, 4.69) is 35.3 Å². The molecule has 1 aliphatic rings. The molecule has 4 heteroatoms. The summed E-state index contributed by atoms with van der Waals surface area (Å²) in [6.45, 7) is 8.68.